The van der Waals surface area contributed by atoms with E-state index in [1.807, 2.05) is 32.2 Å². The SMILES string of the molecule is COc1cc(C)c(-c2cc3c(N[C@H]4CC[C@@H](N)C4)c(C(N)=Nc4cc(F)c(O)cc4Cl)cnn3c2)c(C)n1.O=CO. The Balaban J connectivity index is 0.00000124. The fourth-order valence-electron chi connectivity index (χ4n) is 5.03. The molecule has 1 aromatic carbocycles. The van der Waals surface area contributed by atoms with E-state index in [0.29, 0.717) is 11.4 Å². The van der Waals surface area contributed by atoms with Gasteiger partial charge in [0.05, 0.1) is 40.8 Å². The third kappa shape index (κ3) is 6.34. The molecule has 0 spiro atoms. The highest BCUT2D eigenvalue weighted by Gasteiger charge is 2.25. The molecule has 0 unspecified atom stereocenters. The van der Waals surface area contributed by atoms with Crippen LogP contribution in [0.3, 0.4) is 0 Å². The summed E-state index contributed by atoms with van der Waals surface area (Å²) in [5, 5.41) is 24.8. The van der Waals surface area contributed by atoms with Crippen LogP contribution in [0, 0.1) is 19.7 Å². The second-order valence-corrected chi connectivity index (χ2v) is 10.1. The summed E-state index contributed by atoms with van der Waals surface area (Å²) in [7, 11) is 1.59. The highest BCUT2D eigenvalue weighted by molar-refractivity contribution is 6.33. The van der Waals surface area contributed by atoms with E-state index in [1.165, 1.54) is 0 Å². The number of halogens is 2. The number of phenolic OH excluding ortho intramolecular Hbond substituents is 1. The van der Waals surface area contributed by atoms with E-state index in [1.54, 1.807) is 17.8 Å². The molecular weight excluding hydrogens is 553 g/mol. The van der Waals surface area contributed by atoms with Crippen LogP contribution in [0.5, 0.6) is 11.6 Å². The number of benzene rings is 1. The van der Waals surface area contributed by atoms with Gasteiger partial charge in [0, 0.05) is 53.3 Å². The Labute approximate surface area is 240 Å². The van der Waals surface area contributed by atoms with Crippen LogP contribution in [-0.4, -0.2) is 56.3 Å². The molecule has 3 aromatic heterocycles. The van der Waals surface area contributed by atoms with E-state index in [9.17, 15) is 9.50 Å². The van der Waals surface area contributed by atoms with Gasteiger partial charge in [-0.1, -0.05) is 11.6 Å². The summed E-state index contributed by atoms with van der Waals surface area (Å²) in [5.41, 5.74) is 18.5. The Hall–Kier alpha value is -4.42. The van der Waals surface area contributed by atoms with Crippen molar-refractivity contribution in [1.29, 1.82) is 0 Å². The van der Waals surface area contributed by atoms with E-state index in [4.69, 9.17) is 37.7 Å². The number of anilines is 1. The number of fused-ring (bicyclic) bond motifs is 1. The van der Waals surface area contributed by atoms with E-state index in [-0.39, 0.29) is 35.1 Å². The standard InChI is InChI=1S/C27H29ClFN7O2.CH2O2/c1-13-6-24(38-3)33-14(2)25(13)15-7-22-26(34-17-5-4-16(30)8-17)18(11-32-36(22)12-15)27(31)35-21-10-20(29)23(37)9-19(21)28;2-1-3/h6-7,9-12,16-17,34,37H,4-5,8,30H2,1-3H3,(H2,31,35);1H,(H,2,3)/t16-,17+;/m1./s1. The maximum Gasteiger partial charge on any atom is 0.290 e. The highest BCUT2D eigenvalue weighted by Crippen LogP contribution is 2.36. The molecule has 1 aliphatic carbocycles. The maximum absolute atomic E-state index is 14.0. The quantitative estimate of drug-likeness (QED) is 0.124. The molecule has 0 saturated heterocycles. The van der Waals surface area contributed by atoms with Crippen molar-refractivity contribution in [3.63, 3.8) is 0 Å². The number of methoxy groups -OCH3 is 1. The Morgan fingerprint density at radius 1 is 1.29 bits per heavy atom. The smallest absolute Gasteiger partial charge is 0.290 e. The molecule has 7 N–H and O–H groups in total. The summed E-state index contributed by atoms with van der Waals surface area (Å²) in [5.74, 6) is -0.753. The van der Waals surface area contributed by atoms with Crippen LogP contribution in [0.15, 0.2) is 41.7 Å². The Bertz CT molecular complexity index is 1600. The van der Waals surface area contributed by atoms with Crippen LogP contribution in [0.25, 0.3) is 16.6 Å². The number of amidine groups is 1. The number of carbonyl (C=O) groups is 1. The van der Waals surface area contributed by atoms with Crippen LogP contribution in [0.2, 0.25) is 5.02 Å². The summed E-state index contributed by atoms with van der Waals surface area (Å²) >= 11 is 6.19. The predicted molar refractivity (Wildman–Crippen MR) is 156 cm³/mol. The second-order valence-electron chi connectivity index (χ2n) is 9.71. The maximum atomic E-state index is 14.0. The molecule has 1 fully saturated rings. The highest BCUT2D eigenvalue weighted by atomic mass is 35.5. The van der Waals surface area contributed by atoms with E-state index in [0.717, 1.165) is 65.0 Å². The largest absolute Gasteiger partial charge is 0.505 e. The van der Waals surface area contributed by atoms with E-state index >= 15 is 0 Å². The normalized spacial score (nSPS) is 16.8. The van der Waals surface area contributed by atoms with Crippen molar-refractivity contribution in [2.24, 2.45) is 16.5 Å². The third-order valence-electron chi connectivity index (χ3n) is 6.86. The number of carboxylic acid groups (broad SMARTS) is 1. The number of aromatic nitrogens is 3. The molecule has 0 amide bonds. The Kier molecular flexibility index (Phi) is 8.94. The molecule has 5 rings (SSSR count). The van der Waals surface area contributed by atoms with Gasteiger partial charge in [-0.2, -0.15) is 5.10 Å². The summed E-state index contributed by atoms with van der Waals surface area (Å²) < 4.78 is 21.1. The first-order chi connectivity index (χ1) is 19.6. The van der Waals surface area contributed by atoms with Crippen LogP contribution in [0.4, 0.5) is 15.8 Å². The lowest BCUT2D eigenvalue weighted by Crippen LogP contribution is -2.24. The van der Waals surface area contributed by atoms with Crippen LogP contribution in [-0.2, 0) is 4.79 Å². The zero-order chi connectivity index (χ0) is 29.8. The summed E-state index contributed by atoms with van der Waals surface area (Å²) in [6.07, 6.45) is 6.20. The Morgan fingerprint density at radius 2 is 2.02 bits per heavy atom. The molecule has 1 saturated carbocycles. The molecule has 13 heteroatoms. The summed E-state index contributed by atoms with van der Waals surface area (Å²) in [6.45, 7) is 3.70. The van der Waals surface area contributed by atoms with Gasteiger partial charge in [0.1, 0.15) is 5.84 Å². The average Bonchev–Trinajstić information content (AvgIpc) is 3.53. The van der Waals surface area contributed by atoms with Gasteiger partial charge in [-0.15, -0.1) is 0 Å². The minimum Gasteiger partial charge on any atom is -0.505 e. The van der Waals surface area contributed by atoms with E-state index < -0.39 is 11.6 Å². The number of rotatable bonds is 6. The van der Waals surface area contributed by atoms with Crippen LogP contribution >= 0.6 is 11.6 Å². The van der Waals surface area contributed by atoms with Crippen LogP contribution < -0.4 is 21.5 Å². The third-order valence-corrected chi connectivity index (χ3v) is 7.17. The average molecular weight is 584 g/mol. The molecule has 216 valence electrons. The van der Waals surface area contributed by atoms with Crippen molar-refractivity contribution in [1.82, 2.24) is 14.6 Å². The Morgan fingerprint density at radius 3 is 2.66 bits per heavy atom. The molecule has 3 heterocycles. The minimum absolute atomic E-state index is 0.0695. The molecule has 0 aliphatic heterocycles. The minimum atomic E-state index is -0.845. The molecule has 11 nitrogen and oxygen atoms in total. The molecule has 0 radical (unpaired) electrons. The molecule has 1 aliphatic rings. The topological polar surface area (TPSA) is 173 Å². The zero-order valence-corrected chi connectivity index (χ0v) is 23.5. The number of phenols is 1. The lowest BCUT2D eigenvalue weighted by molar-refractivity contribution is -0.122. The number of nitrogens with zero attached hydrogens (tertiary/aromatic N) is 4. The number of nitrogens with two attached hydrogens (primary N) is 2. The zero-order valence-electron chi connectivity index (χ0n) is 22.7. The number of aliphatic imine (C=N–C) groups is 1. The monoisotopic (exact) mass is 583 g/mol. The van der Waals surface area contributed by atoms with Gasteiger partial charge in [0.2, 0.25) is 5.88 Å². The second kappa shape index (κ2) is 12.4. The lowest BCUT2D eigenvalue weighted by atomic mass is 10.0. The molecule has 0 bridgehead atoms. The predicted octanol–water partition coefficient (Wildman–Crippen LogP) is 4.55. The fourth-order valence-corrected chi connectivity index (χ4v) is 5.23. The first-order valence-corrected chi connectivity index (χ1v) is 13.1. The molecule has 4 aromatic rings. The van der Waals surface area contributed by atoms with E-state index in [2.05, 4.69) is 20.4 Å². The first-order valence-electron chi connectivity index (χ1n) is 12.7. The number of aryl methyl sites for hydroxylation is 2. The van der Waals surface area contributed by atoms with Gasteiger partial charge in [0.15, 0.2) is 11.6 Å². The number of hydrogen-bond donors (Lipinski definition) is 5. The molecular formula is C28H31ClFN7O4. The van der Waals surface area contributed by atoms with Crippen molar-refractivity contribution in [3.05, 3.63) is 64.3 Å². The van der Waals surface area contributed by atoms with Gasteiger partial charge in [-0.3, -0.25) is 4.79 Å². The molecule has 41 heavy (non-hydrogen) atoms. The van der Waals surface area contributed by atoms with Gasteiger partial charge in [0.25, 0.3) is 6.47 Å². The lowest BCUT2D eigenvalue weighted by Gasteiger charge is -2.18. The van der Waals surface area contributed by atoms with Crippen molar-refractivity contribution in [2.45, 2.75) is 45.2 Å². The molecule has 2 atom stereocenters. The van der Waals surface area contributed by atoms with Crippen LogP contribution in [0.1, 0.15) is 36.1 Å². The van der Waals surface area contributed by atoms with Gasteiger partial charge < -0.3 is 31.7 Å². The summed E-state index contributed by atoms with van der Waals surface area (Å²) in [6, 6.07) is 6.32. The van der Waals surface area contributed by atoms with Gasteiger partial charge in [-0.25, -0.2) is 18.9 Å². The van der Waals surface area contributed by atoms with Crippen molar-refractivity contribution >= 4 is 40.8 Å². The van der Waals surface area contributed by atoms with Crippen molar-refractivity contribution in [2.75, 3.05) is 12.4 Å². The number of pyridine rings is 1. The number of aromatic hydroxyl groups is 1. The van der Waals surface area contributed by atoms with Gasteiger partial charge >= 0.3 is 0 Å². The summed E-state index contributed by atoms with van der Waals surface area (Å²) in [4.78, 5) is 17.3. The van der Waals surface area contributed by atoms with Crippen molar-refractivity contribution < 1.29 is 24.1 Å². The number of ether oxygens (including phenoxy) is 1. The van der Waals surface area contributed by atoms with Gasteiger partial charge in [-0.05, 0) is 44.7 Å². The number of hydrogen-bond acceptors (Lipinski definition) is 8. The fraction of sp³-hybridized carbons (Fsp3) is 0.286. The first kappa shape index (κ1) is 29.6. The number of nitrogens with one attached hydrogen (secondary N) is 1. The van der Waals surface area contributed by atoms with Crippen molar-refractivity contribution in [3.8, 4) is 22.8 Å².